The van der Waals surface area contributed by atoms with Gasteiger partial charge in [0.1, 0.15) is 5.82 Å². The zero-order valence-electron chi connectivity index (χ0n) is 10.9. The molecule has 0 spiro atoms. The average molecular weight is 240 g/mol. The molecule has 1 aromatic rings. The molecule has 0 fully saturated rings. The molecule has 0 aliphatic heterocycles. The number of benzene rings is 1. The van der Waals surface area contributed by atoms with Gasteiger partial charge in [0.2, 0.25) is 0 Å². The Bertz CT molecular complexity index is 385. The van der Waals surface area contributed by atoms with Gasteiger partial charge in [0, 0.05) is 25.3 Å². The van der Waals surface area contributed by atoms with Gasteiger partial charge >= 0.3 is 0 Å². The minimum absolute atomic E-state index is 0.245. The van der Waals surface area contributed by atoms with Crippen LogP contribution in [0.2, 0.25) is 0 Å². The van der Waals surface area contributed by atoms with E-state index in [-0.39, 0.29) is 11.9 Å². The summed E-state index contributed by atoms with van der Waals surface area (Å²) in [6.45, 7) is 5.74. The Morgan fingerprint density at radius 1 is 1.47 bits per heavy atom. The zero-order valence-corrected chi connectivity index (χ0v) is 10.9. The summed E-state index contributed by atoms with van der Waals surface area (Å²) in [6.07, 6.45) is 0. The lowest BCUT2D eigenvalue weighted by atomic mass is 10.0. The quantitative estimate of drug-likeness (QED) is 0.847. The molecule has 1 atom stereocenters. The van der Waals surface area contributed by atoms with Gasteiger partial charge in [0.15, 0.2) is 0 Å². The number of anilines is 1. The molecule has 0 bridgehead atoms. The van der Waals surface area contributed by atoms with Crippen molar-refractivity contribution in [1.29, 1.82) is 0 Å². The first-order valence-electron chi connectivity index (χ1n) is 5.69. The Hall–Kier alpha value is -1.13. The zero-order chi connectivity index (χ0) is 13.2. The number of hydrogen-bond acceptors (Lipinski definition) is 3. The molecule has 3 nitrogen and oxygen atoms in total. The lowest BCUT2D eigenvalue weighted by Gasteiger charge is -2.29. The van der Waals surface area contributed by atoms with Crippen molar-refractivity contribution in [3.8, 4) is 0 Å². The first-order valence-corrected chi connectivity index (χ1v) is 5.69. The fourth-order valence-electron chi connectivity index (χ4n) is 1.90. The molecule has 17 heavy (non-hydrogen) atoms. The second-order valence-electron chi connectivity index (χ2n) is 5.16. The van der Waals surface area contributed by atoms with Crippen molar-refractivity contribution in [2.45, 2.75) is 32.4 Å². The number of rotatable bonds is 4. The summed E-state index contributed by atoms with van der Waals surface area (Å²) in [4.78, 5) is 1.89. The molecule has 0 radical (unpaired) electrons. The summed E-state index contributed by atoms with van der Waals surface area (Å²) in [5, 5.41) is 9.79. The SMILES string of the molecule is C[C@@H](N)c1cc(F)ccc1N(C)CC(C)(C)O. The van der Waals surface area contributed by atoms with E-state index in [1.165, 1.54) is 12.1 Å². The minimum atomic E-state index is -0.807. The van der Waals surface area contributed by atoms with Gasteiger partial charge in [-0.05, 0) is 44.5 Å². The van der Waals surface area contributed by atoms with Crippen LogP contribution in [-0.2, 0) is 0 Å². The highest BCUT2D eigenvalue weighted by molar-refractivity contribution is 5.54. The van der Waals surface area contributed by atoms with E-state index >= 15 is 0 Å². The van der Waals surface area contributed by atoms with Crippen molar-refractivity contribution in [1.82, 2.24) is 0 Å². The third-order valence-corrected chi connectivity index (χ3v) is 2.52. The van der Waals surface area contributed by atoms with E-state index in [1.807, 2.05) is 18.9 Å². The third kappa shape index (κ3) is 3.98. The molecule has 1 aromatic carbocycles. The Morgan fingerprint density at radius 2 is 2.06 bits per heavy atom. The number of hydrogen-bond donors (Lipinski definition) is 2. The van der Waals surface area contributed by atoms with Crippen LogP contribution in [0.4, 0.5) is 10.1 Å². The first kappa shape index (κ1) is 13.9. The lowest BCUT2D eigenvalue weighted by Crippen LogP contribution is -2.37. The summed E-state index contributed by atoms with van der Waals surface area (Å²) in [7, 11) is 1.86. The molecule has 0 saturated carbocycles. The van der Waals surface area contributed by atoms with Gasteiger partial charge < -0.3 is 15.7 Å². The fraction of sp³-hybridized carbons (Fsp3) is 0.538. The van der Waals surface area contributed by atoms with Crippen LogP contribution in [0.25, 0.3) is 0 Å². The standard InChI is InChI=1S/C13H21FN2O/c1-9(15)11-7-10(14)5-6-12(11)16(4)8-13(2,3)17/h5-7,9,17H,8,15H2,1-4H3/t9-/m1/s1. The predicted molar refractivity (Wildman–Crippen MR) is 68.6 cm³/mol. The van der Waals surface area contributed by atoms with Crippen molar-refractivity contribution in [2.75, 3.05) is 18.5 Å². The van der Waals surface area contributed by atoms with Gasteiger partial charge in [-0.15, -0.1) is 0 Å². The van der Waals surface area contributed by atoms with Crippen molar-refractivity contribution in [3.05, 3.63) is 29.6 Å². The molecule has 96 valence electrons. The summed E-state index contributed by atoms with van der Waals surface area (Å²) >= 11 is 0. The van der Waals surface area contributed by atoms with Gasteiger partial charge in [-0.25, -0.2) is 4.39 Å². The van der Waals surface area contributed by atoms with Crippen molar-refractivity contribution < 1.29 is 9.50 Å². The Kier molecular flexibility index (Phi) is 4.11. The van der Waals surface area contributed by atoms with E-state index in [9.17, 15) is 9.50 Å². The van der Waals surface area contributed by atoms with Crippen LogP contribution in [0.5, 0.6) is 0 Å². The van der Waals surface area contributed by atoms with E-state index in [1.54, 1.807) is 19.9 Å². The maximum absolute atomic E-state index is 13.2. The summed E-state index contributed by atoms with van der Waals surface area (Å²) in [6, 6.07) is 4.30. The Labute approximate surface area is 102 Å². The van der Waals surface area contributed by atoms with Gasteiger partial charge in [-0.3, -0.25) is 0 Å². The van der Waals surface area contributed by atoms with Crippen LogP contribution >= 0.6 is 0 Å². The van der Waals surface area contributed by atoms with Crippen LogP contribution in [0.1, 0.15) is 32.4 Å². The number of aliphatic hydroxyl groups is 1. The normalized spacial score (nSPS) is 13.6. The lowest BCUT2D eigenvalue weighted by molar-refractivity contribution is 0.0886. The van der Waals surface area contributed by atoms with Gasteiger partial charge in [-0.1, -0.05) is 0 Å². The Balaban J connectivity index is 3.04. The number of halogens is 1. The summed E-state index contributed by atoms with van der Waals surface area (Å²) in [5.41, 5.74) is 6.62. The third-order valence-electron chi connectivity index (χ3n) is 2.52. The molecule has 1 rings (SSSR count). The molecule has 0 aliphatic carbocycles. The van der Waals surface area contributed by atoms with Crippen LogP contribution in [0.3, 0.4) is 0 Å². The average Bonchev–Trinajstić information content (AvgIpc) is 2.14. The van der Waals surface area contributed by atoms with Crippen LogP contribution in [0, 0.1) is 5.82 Å². The molecule has 0 saturated heterocycles. The van der Waals surface area contributed by atoms with Crippen LogP contribution in [0.15, 0.2) is 18.2 Å². The largest absolute Gasteiger partial charge is 0.389 e. The van der Waals surface area contributed by atoms with Gasteiger partial charge in [0.05, 0.1) is 5.60 Å². The van der Waals surface area contributed by atoms with Gasteiger partial charge in [-0.2, -0.15) is 0 Å². The number of nitrogens with two attached hydrogens (primary N) is 1. The molecule has 0 amide bonds. The highest BCUT2D eigenvalue weighted by Gasteiger charge is 2.19. The van der Waals surface area contributed by atoms with E-state index in [0.717, 1.165) is 11.3 Å². The van der Waals surface area contributed by atoms with E-state index < -0.39 is 5.60 Å². The highest BCUT2D eigenvalue weighted by atomic mass is 19.1. The van der Waals surface area contributed by atoms with Crippen molar-refractivity contribution in [2.24, 2.45) is 5.73 Å². The van der Waals surface area contributed by atoms with Gasteiger partial charge in [0.25, 0.3) is 0 Å². The molecule has 0 unspecified atom stereocenters. The van der Waals surface area contributed by atoms with Crippen LogP contribution < -0.4 is 10.6 Å². The number of nitrogens with zero attached hydrogens (tertiary/aromatic N) is 1. The Morgan fingerprint density at radius 3 is 2.53 bits per heavy atom. The molecule has 0 aromatic heterocycles. The topological polar surface area (TPSA) is 49.5 Å². The predicted octanol–water partition coefficient (Wildman–Crippen LogP) is 2.05. The molecule has 4 heteroatoms. The van der Waals surface area contributed by atoms with Crippen LogP contribution in [-0.4, -0.2) is 24.3 Å². The maximum Gasteiger partial charge on any atom is 0.123 e. The first-order chi connectivity index (χ1) is 7.70. The molecule has 0 heterocycles. The molecule has 3 N–H and O–H groups in total. The van der Waals surface area contributed by atoms with E-state index in [0.29, 0.717) is 6.54 Å². The second kappa shape index (κ2) is 5.02. The maximum atomic E-state index is 13.2. The highest BCUT2D eigenvalue weighted by Crippen LogP contribution is 2.26. The summed E-state index contributed by atoms with van der Waals surface area (Å²) < 4.78 is 13.2. The fourth-order valence-corrected chi connectivity index (χ4v) is 1.90. The number of likely N-dealkylation sites (N-methyl/N-ethyl adjacent to an activating group) is 1. The molecular formula is C13H21FN2O. The smallest absolute Gasteiger partial charge is 0.123 e. The molecule has 0 aliphatic rings. The second-order valence-corrected chi connectivity index (χ2v) is 5.16. The molecular weight excluding hydrogens is 219 g/mol. The van der Waals surface area contributed by atoms with Crippen molar-refractivity contribution >= 4 is 5.69 Å². The van der Waals surface area contributed by atoms with E-state index in [2.05, 4.69) is 0 Å². The minimum Gasteiger partial charge on any atom is -0.389 e. The van der Waals surface area contributed by atoms with Crippen molar-refractivity contribution in [3.63, 3.8) is 0 Å². The monoisotopic (exact) mass is 240 g/mol. The summed E-state index contributed by atoms with van der Waals surface area (Å²) in [5.74, 6) is -0.294. The van der Waals surface area contributed by atoms with E-state index in [4.69, 9.17) is 5.73 Å².